The summed E-state index contributed by atoms with van der Waals surface area (Å²) in [6, 6.07) is 23.2. The van der Waals surface area contributed by atoms with Crippen LogP contribution in [0.1, 0.15) is 29.0 Å². The molecule has 0 radical (unpaired) electrons. The van der Waals surface area contributed by atoms with Gasteiger partial charge >= 0.3 is 6.09 Å². The van der Waals surface area contributed by atoms with Crippen LogP contribution in [0.5, 0.6) is 0 Å². The largest absolute Gasteiger partial charge is 0.448 e. The van der Waals surface area contributed by atoms with Crippen LogP contribution < -0.4 is 5.32 Å². The van der Waals surface area contributed by atoms with Crippen molar-refractivity contribution < 1.29 is 18.7 Å². The molecule has 3 aromatic rings. The molecule has 6 rings (SSSR count). The van der Waals surface area contributed by atoms with Gasteiger partial charge in [-0.3, -0.25) is 5.32 Å². The van der Waals surface area contributed by atoms with Crippen LogP contribution in [-0.4, -0.2) is 36.8 Å². The Labute approximate surface area is 207 Å². The first-order chi connectivity index (χ1) is 17.2. The minimum Gasteiger partial charge on any atom is -0.448 e. The van der Waals surface area contributed by atoms with Gasteiger partial charge in [0.05, 0.1) is 6.61 Å². The van der Waals surface area contributed by atoms with E-state index in [1.807, 2.05) is 30.3 Å². The van der Waals surface area contributed by atoms with E-state index in [0.717, 1.165) is 23.3 Å². The van der Waals surface area contributed by atoms with Crippen molar-refractivity contribution in [3.05, 3.63) is 95.3 Å². The molecule has 2 unspecified atom stereocenters. The van der Waals surface area contributed by atoms with Gasteiger partial charge in [-0.25, -0.2) is 14.2 Å². The summed E-state index contributed by atoms with van der Waals surface area (Å²) in [5.41, 5.74) is 4.34. The second-order valence-corrected chi connectivity index (χ2v) is 10.1. The molecule has 2 heterocycles. The van der Waals surface area contributed by atoms with Gasteiger partial charge in [-0.05, 0) is 34.7 Å². The number of hydrogen-bond acceptors (Lipinski definition) is 5. The van der Waals surface area contributed by atoms with Gasteiger partial charge in [0.25, 0.3) is 0 Å². The molecule has 1 aliphatic carbocycles. The highest BCUT2D eigenvalue weighted by Crippen LogP contribution is 2.46. The van der Waals surface area contributed by atoms with Gasteiger partial charge in [0.15, 0.2) is 5.17 Å². The van der Waals surface area contributed by atoms with Crippen LogP contribution in [0.2, 0.25) is 0 Å². The molecule has 3 aliphatic rings. The minimum atomic E-state index is -0.846. The number of hydrogen-bond donors (Lipinski definition) is 1. The number of fused-ring (bicyclic) bond motifs is 4. The predicted molar refractivity (Wildman–Crippen MR) is 135 cm³/mol. The topological polar surface area (TPSA) is 59.9 Å². The summed E-state index contributed by atoms with van der Waals surface area (Å²) in [4.78, 5) is 17.7. The Kier molecular flexibility index (Phi) is 5.82. The Morgan fingerprint density at radius 2 is 1.74 bits per heavy atom. The molecule has 1 N–H and O–H groups in total. The lowest BCUT2D eigenvalue weighted by Gasteiger charge is -2.44. The van der Waals surface area contributed by atoms with Gasteiger partial charge in [-0.15, -0.1) is 0 Å². The van der Waals surface area contributed by atoms with Crippen LogP contribution in [0.4, 0.5) is 9.18 Å². The molecule has 1 fully saturated rings. The second kappa shape index (κ2) is 9.13. The number of amides is 1. The van der Waals surface area contributed by atoms with Crippen molar-refractivity contribution in [3.63, 3.8) is 0 Å². The molecule has 3 aromatic carbocycles. The first-order valence-electron chi connectivity index (χ1n) is 11.8. The molecule has 1 amide bonds. The zero-order valence-electron chi connectivity index (χ0n) is 19.1. The molecule has 0 spiro atoms. The van der Waals surface area contributed by atoms with Crippen LogP contribution in [0.25, 0.3) is 11.1 Å². The van der Waals surface area contributed by atoms with E-state index in [1.54, 1.807) is 12.1 Å². The van der Waals surface area contributed by atoms with Crippen molar-refractivity contribution >= 4 is 23.0 Å². The highest BCUT2D eigenvalue weighted by atomic mass is 32.2. The molecule has 178 valence electrons. The molecule has 35 heavy (non-hydrogen) atoms. The van der Waals surface area contributed by atoms with Gasteiger partial charge < -0.3 is 9.47 Å². The zero-order valence-corrected chi connectivity index (χ0v) is 19.9. The van der Waals surface area contributed by atoms with E-state index in [4.69, 9.17) is 14.5 Å². The third kappa shape index (κ3) is 3.93. The number of carbonyl (C=O) groups is 1. The van der Waals surface area contributed by atoms with Crippen molar-refractivity contribution in [2.45, 2.75) is 17.9 Å². The van der Waals surface area contributed by atoms with Gasteiger partial charge in [0.1, 0.15) is 18.0 Å². The number of halogens is 1. The number of amidine groups is 1. The summed E-state index contributed by atoms with van der Waals surface area (Å²) in [7, 11) is 0. The van der Waals surface area contributed by atoms with Crippen LogP contribution >= 0.6 is 11.8 Å². The van der Waals surface area contributed by atoms with Crippen molar-refractivity contribution in [1.29, 1.82) is 0 Å². The average molecular weight is 489 g/mol. The lowest BCUT2D eigenvalue weighted by molar-refractivity contribution is 0.00288. The van der Waals surface area contributed by atoms with Crippen molar-refractivity contribution in [1.82, 2.24) is 5.32 Å². The smallest absolute Gasteiger partial charge is 0.413 e. The standard InChI is InChI=1S/C28H25FN2O3S/c29-25-12-6-5-11-24(25)28-17-33-14-13-18(28)16-35-26(31-28)30-27(32)34-15-23-21-9-3-1-7-19(21)20-8-2-4-10-22(20)23/h1-12,18,23H,13-17H2,(H,30,31,32). The number of benzene rings is 3. The van der Waals surface area contributed by atoms with Crippen molar-refractivity contribution in [2.24, 2.45) is 10.9 Å². The van der Waals surface area contributed by atoms with Gasteiger partial charge in [-0.2, -0.15) is 0 Å². The minimum absolute atomic E-state index is 0.0185. The van der Waals surface area contributed by atoms with Crippen LogP contribution in [0.15, 0.2) is 77.8 Å². The number of nitrogens with one attached hydrogen (secondary N) is 1. The number of alkyl carbamates (subject to hydrolysis) is 1. The Balaban J connectivity index is 1.21. The summed E-state index contributed by atoms with van der Waals surface area (Å²) in [5, 5.41) is 3.25. The quantitative estimate of drug-likeness (QED) is 0.514. The summed E-state index contributed by atoms with van der Waals surface area (Å²) >= 11 is 1.47. The van der Waals surface area contributed by atoms with E-state index in [1.165, 1.54) is 29.0 Å². The summed E-state index contributed by atoms with van der Waals surface area (Å²) < 4.78 is 26.3. The van der Waals surface area contributed by atoms with E-state index in [2.05, 4.69) is 29.6 Å². The number of nitrogens with zero attached hydrogens (tertiary/aromatic N) is 1. The predicted octanol–water partition coefficient (Wildman–Crippen LogP) is 5.70. The number of aliphatic imine (C=N–C) groups is 1. The highest BCUT2D eigenvalue weighted by Gasteiger charge is 2.47. The summed E-state index contributed by atoms with van der Waals surface area (Å²) in [6.07, 6.45) is 0.236. The third-order valence-electron chi connectivity index (χ3n) is 7.22. The van der Waals surface area contributed by atoms with E-state index >= 15 is 0 Å². The number of ether oxygens (including phenoxy) is 2. The molecule has 0 aromatic heterocycles. The summed E-state index contributed by atoms with van der Waals surface area (Å²) in [5.74, 6) is 0.528. The van der Waals surface area contributed by atoms with Gasteiger partial charge in [-0.1, -0.05) is 78.5 Å². The average Bonchev–Trinajstić information content (AvgIpc) is 3.21. The third-order valence-corrected chi connectivity index (χ3v) is 8.26. The maximum Gasteiger partial charge on any atom is 0.413 e. The first-order valence-corrected chi connectivity index (χ1v) is 12.8. The Morgan fingerprint density at radius 1 is 1.06 bits per heavy atom. The Morgan fingerprint density at radius 3 is 2.49 bits per heavy atom. The molecule has 1 saturated heterocycles. The zero-order chi connectivity index (χ0) is 23.8. The van der Waals surface area contributed by atoms with Crippen LogP contribution in [0, 0.1) is 11.7 Å². The molecule has 2 atom stereocenters. The fourth-order valence-electron chi connectivity index (χ4n) is 5.50. The second-order valence-electron chi connectivity index (χ2n) is 9.12. The fourth-order valence-corrected chi connectivity index (χ4v) is 6.69. The van der Waals surface area contributed by atoms with Crippen LogP contribution in [-0.2, 0) is 15.0 Å². The molecule has 0 saturated carbocycles. The number of carbonyl (C=O) groups excluding carboxylic acids is 1. The van der Waals surface area contributed by atoms with E-state index in [9.17, 15) is 9.18 Å². The maximum absolute atomic E-state index is 14.8. The Bertz CT molecular complexity index is 1270. The van der Waals surface area contributed by atoms with E-state index in [-0.39, 0.29) is 30.9 Å². The monoisotopic (exact) mass is 488 g/mol. The highest BCUT2D eigenvalue weighted by molar-refractivity contribution is 8.13. The van der Waals surface area contributed by atoms with Crippen LogP contribution in [0.3, 0.4) is 0 Å². The molecule has 5 nitrogen and oxygen atoms in total. The first kappa shape index (κ1) is 22.3. The fraction of sp³-hybridized carbons (Fsp3) is 0.286. The summed E-state index contributed by atoms with van der Waals surface area (Å²) in [6.45, 7) is 1.14. The number of thioether (sulfide) groups is 1. The van der Waals surface area contributed by atoms with Crippen molar-refractivity contribution in [3.8, 4) is 11.1 Å². The van der Waals surface area contributed by atoms with E-state index < -0.39 is 11.6 Å². The number of rotatable bonds is 3. The van der Waals surface area contributed by atoms with E-state index in [0.29, 0.717) is 17.3 Å². The molecule has 0 bridgehead atoms. The molecule has 7 heteroatoms. The van der Waals surface area contributed by atoms with Crippen molar-refractivity contribution in [2.75, 3.05) is 25.6 Å². The maximum atomic E-state index is 14.8. The molecule has 2 aliphatic heterocycles. The lowest BCUT2D eigenvalue weighted by Crippen LogP contribution is -2.49. The Hall–Kier alpha value is -3.16. The van der Waals surface area contributed by atoms with Gasteiger partial charge in [0, 0.05) is 29.8 Å². The normalized spacial score (nSPS) is 23.0. The molecular formula is C28H25FN2O3S. The lowest BCUT2D eigenvalue weighted by atomic mass is 9.76. The van der Waals surface area contributed by atoms with Gasteiger partial charge in [0.2, 0.25) is 0 Å². The SMILES string of the molecule is O=C(NC1=NC2(c3ccccc3F)COCCC2CS1)OCC1c2ccccc2-c2ccccc21. The molecular weight excluding hydrogens is 463 g/mol.